The van der Waals surface area contributed by atoms with Gasteiger partial charge in [-0.1, -0.05) is 30.0 Å². The summed E-state index contributed by atoms with van der Waals surface area (Å²) in [5.74, 6) is 6.34. The van der Waals surface area contributed by atoms with Crippen LogP contribution in [0.4, 0.5) is 0 Å². The summed E-state index contributed by atoms with van der Waals surface area (Å²) in [6, 6.07) is 7.16. The van der Waals surface area contributed by atoms with Gasteiger partial charge in [-0.3, -0.25) is 4.79 Å². The Labute approximate surface area is 96.8 Å². The van der Waals surface area contributed by atoms with Gasteiger partial charge in [-0.15, -0.1) is 6.58 Å². The molecule has 0 unspecified atom stereocenters. The predicted octanol–water partition coefficient (Wildman–Crippen LogP) is 1.39. The van der Waals surface area contributed by atoms with E-state index < -0.39 is 0 Å². The van der Waals surface area contributed by atoms with Crippen molar-refractivity contribution in [3.05, 3.63) is 47.3 Å². The van der Waals surface area contributed by atoms with Crippen molar-refractivity contribution in [3.63, 3.8) is 0 Å². The average Bonchev–Trinajstić information content (AvgIpc) is 2.32. The number of benzene rings is 1. The molecule has 0 saturated carbocycles. The highest BCUT2D eigenvalue weighted by molar-refractivity contribution is 7.99. The van der Waals surface area contributed by atoms with Crippen molar-refractivity contribution < 1.29 is 0 Å². The van der Waals surface area contributed by atoms with E-state index in [1.165, 1.54) is 11.8 Å². The van der Waals surface area contributed by atoms with Gasteiger partial charge in [0.1, 0.15) is 0 Å². The lowest BCUT2D eigenvalue weighted by Crippen LogP contribution is -2.29. The minimum atomic E-state index is -0.225. The number of aromatic nitrogens is 2. The molecule has 0 aliphatic carbocycles. The molecule has 82 valence electrons. The van der Waals surface area contributed by atoms with Crippen LogP contribution in [-0.2, 0) is 0 Å². The molecule has 2 aromatic rings. The maximum Gasteiger partial charge on any atom is 0.280 e. The van der Waals surface area contributed by atoms with E-state index in [1.54, 1.807) is 24.3 Å². The molecular weight excluding hydrogens is 222 g/mol. The molecule has 2 N–H and O–H groups in total. The van der Waals surface area contributed by atoms with Gasteiger partial charge in [0.2, 0.25) is 0 Å². The Morgan fingerprint density at radius 3 is 3.00 bits per heavy atom. The van der Waals surface area contributed by atoms with Gasteiger partial charge >= 0.3 is 0 Å². The lowest BCUT2D eigenvalue weighted by molar-refractivity contribution is 0.780. The maximum atomic E-state index is 11.9. The Morgan fingerprint density at radius 2 is 2.25 bits per heavy atom. The molecule has 0 saturated heterocycles. The van der Waals surface area contributed by atoms with Gasteiger partial charge in [-0.2, -0.15) is 0 Å². The van der Waals surface area contributed by atoms with Gasteiger partial charge < -0.3 is 5.84 Å². The van der Waals surface area contributed by atoms with Crippen LogP contribution in [0, 0.1) is 0 Å². The first-order valence-electron chi connectivity index (χ1n) is 4.74. The zero-order valence-corrected chi connectivity index (χ0v) is 9.41. The average molecular weight is 233 g/mol. The standard InChI is InChI=1S/C11H11N3OS/c1-2-7-16-11-13-9-6-4-3-5-8(9)10(15)14(11)12/h2-6H,1,7,12H2. The molecule has 1 aromatic carbocycles. The Kier molecular flexibility index (Phi) is 2.96. The summed E-state index contributed by atoms with van der Waals surface area (Å²) in [7, 11) is 0. The summed E-state index contributed by atoms with van der Waals surface area (Å²) in [6.07, 6.45) is 1.74. The maximum absolute atomic E-state index is 11.9. The summed E-state index contributed by atoms with van der Waals surface area (Å²) >= 11 is 1.38. The van der Waals surface area contributed by atoms with Crippen molar-refractivity contribution in [1.82, 2.24) is 9.66 Å². The third kappa shape index (κ3) is 1.81. The fourth-order valence-corrected chi connectivity index (χ4v) is 2.01. The number of rotatable bonds is 3. The Balaban J connectivity index is 2.64. The lowest BCUT2D eigenvalue weighted by atomic mass is 10.2. The van der Waals surface area contributed by atoms with E-state index in [0.717, 1.165) is 4.68 Å². The monoisotopic (exact) mass is 233 g/mol. The molecule has 0 bridgehead atoms. The predicted molar refractivity (Wildman–Crippen MR) is 67.1 cm³/mol. The van der Waals surface area contributed by atoms with Gasteiger partial charge in [0.15, 0.2) is 5.16 Å². The number of fused-ring (bicyclic) bond motifs is 1. The molecule has 0 fully saturated rings. The normalized spacial score (nSPS) is 10.5. The number of nitrogens with two attached hydrogens (primary N) is 1. The van der Waals surface area contributed by atoms with Gasteiger partial charge in [-0.05, 0) is 12.1 Å². The summed E-state index contributed by atoms with van der Waals surface area (Å²) < 4.78 is 1.08. The van der Waals surface area contributed by atoms with Crippen molar-refractivity contribution in [3.8, 4) is 0 Å². The Bertz CT molecular complexity index is 591. The van der Waals surface area contributed by atoms with Crippen LogP contribution in [0.5, 0.6) is 0 Å². The molecular formula is C11H11N3OS. The van der Waals surface area contributed by atoms with E-state index in [4.69, 9.17) is 5.84 Å². The molecule has 16 heavy (non-hydrogen) atoms. The van der Waals surface area contributed by atoms with Crippen LogP contribution >= 0.6 is 11.8 Å². The molecule has 0 aliphatic heterocycles. The van der Waals surface area contributed by atoms with E-state index in [0.29, 0.717) is 21.8 Å². The topological polar surface area (TPSA) is 60.9 Å². The summed E-state index contributed by atoms with van der Waals surface area (Å²) in [5.41, 5.74) is 0.443. The van der Waals surface area contributed by atoms with Crippen molar-refractivity contribution >= 4 is 22.7 Å². The second kappa shape index (κ2) is 4.40. The van der Waals surface area contributed by atoms with Crippen LogP contribution in [-0.4, -0.2) is 15.4 Å². The van der Waals surface area contributed by atoms with Crippen LogP contribution in [0.15, 0.2) is 46.9 Å². The zero-order valence-electron chi connectivity index (χ0n) is 8.59. The van der Waals surface area contributed by atoms with Gasteiger partial charge in [0.25, 0.3) is 5.56 Å². The van der Waals surface area contributed by atoms with E-state index in [-0.39, 0.29) is 5.56 Å². The molecule has 0 amide bonds. The van der Waals surface area contributed by atoms with Crippen LogP contribution in [0.2, 0.25) is 0 Å². The molecule has 0 spiro atoms. The van der Waals surface area contributed by atoms with Crippen LogP contribution in [0.25, 0.3) is 10.9 Å². The second-order valence-corrected chi connectivity index (χ2v) is 4.17. The minimum absolute atomic E-state index is 0.225. The fraction of sp³-hybridized carbons (Fsp3) is 0.0909. The molecule has 0 radical (unpaired) electrons. The molecule has 0 atom stereocenters. The largest absolute Gasteiger partial charge is 0.334 e. The number of hydrogen-bond acceptors (Lipinski definition) is 4. The number of nitrogens with zero attached hydrogens (tertiary/aromatic N) is 2. The highest BCUT2D eigenvalue weighted by Crippen LogP contribution is 2.15. The van der Waals surface area contributed by atoms with E-state index in [1.807, 2.05) is 6.07 Å². The molecule has 4 nitrogen and oxygen atoms in total. The number of nitrogen functional groups attached to an aromatic ring is 1. The summed E-state index contributed by atoms with van der Waals surface area (Å²) in [4.78, 5) is 16.2. The van der Waals surface area contributed by atoms with Crippen molar-refractivity contribution in [2.45, 2.75) is 5.16 Å². The summed E-state index contributed by atoms with van der Waals surface area (Å²) in [6.45, 7) is 3.61. The van der Waals surface area contributed by atoms with Crippen LogP contribution in [0.3, 0.4) is 0 Å². The molecule has 5 heteroatoms. The second-order valence-electron chi connectivity index (χ2n) is 3.19. The fourth-order valence-electron chi connectivity index (χ4n) is 1.36. The Hall–Kier alpha value is -1.75. The molecule has 0 aliphatic rings. The van der Waals surface area contributed by atoms with E-state index in [2.05, 4.69) is 11.6 Å². The van der Waals surface area contributed by atoms with Crippen molar-refractivity contribution in [1.29, 1.82) is 0 Å². The third-order valence-corrected chi connectivity index (χ3v) is 3.05. The number of para-hydroxylation sites is 1. The van der Waals surface area contributed by atoms with Gasteiger partial charge in [0.05, 0.1) is 10.9 Å². The quantitative estimate of drug-likeness (QED) is 0.376. The van der Waals surface area contributed by atoms with E-state index >= 15 is 0 Å². The summed E-state index contributed by atoms with van der Waals surface area (Å²) in [5, 5.41) is 1.04. The molecule has 1 heterocycles. The van der Waals surface area contributed by atoms with Gasteiger partial charge in [-0.25, -0.2) is 9.66 Å². The first-order chi connectivity index (χ1) is 7.74. The van der Waals surface area contributed by atoms with Gasteiger partial charge in [0, 0.05) is 5.75 Å². The van der Waals surface area contributed by atoms with Crippen molar-refractivity contribution in [2.24, 2.45) is 0 Å². The van der Waals surface area contributed by atoms with Crippen LogP contribution in [0.1, 0.15) is 0 Å². The highest BCUT2D eigenvalue weighted by atomic mass is 32.2. The molecule has 2 rings (SSSR count). The van der Waals surface area contributed by atoms with E-state index in [9.17, 15) is 4.79 Å². The lowest BCUT2D eigenvalue weighted by Gasteiger charge is -2.06. The Morgan fingerprint density at radius 1 is 1.50 bits per heavy atom. The number of hydrogen-bond donors (Lipinski definition) is 1. The van der Waals surface area contributed by atoms with Crippen molar-refractivity contribution in [2.75, 3.05) is 11.6 Å². The first-order valence-corrected chi connectivity index (χ1v) is 5.73. The smallest absolute Gasteiger partial charge is 0.280 e. The highest BCUT2D eigenvalue weighted by Gasteiger charge is 2.07. The van der Waals surface area contributed by atoms with Crippen LogP contribution < -0.4 is 11.4 Å². The third-order valence-electron chi connectivity index (χ3n) is 2.11. The first kappa shape index (κ1) is 10.8. The minimum Gasteiger partial charge on any atom is -0.334 e. The molecule has 1 aromatic heterocycles. The SMILES string of the molecule is C=CCSc1nc2ccccc2c(=O)n1N. The zero-order chi connectivity index (χ0) is 11.5. The number of thioether (sulfide) groups is 1.